The summed E-state index contributed by atoms with van der Waals surface area (Å²) in [5, 5.41) is 9.45. The Balaban J connectivity index is 2.27. The number of carboxylic acids is 1. The highest BCUT2D eigenvalue weighted by molar-refractivity contribution is 6.03. The third-order valence-corrected chi connectivity index (χ3v) is 3.36. The minimum atomic E-state index is -1.05. The van der Waals surface area contributed by atoms with Crippen molar-refractivity contribution < 1.29 is 19.0 Å². The average Bonchev–Trinajstić information content (AvgIpc) is 2.86. The highest BCUT2D eigenvalue weighted by Crippen LogP contribution is 2.31. The fourth-order valence-corrected chi connectivity index (χ4v) is 2.40. The summed E-state index contributed by atoms with van der Waals surface area (Å²) in [5.74, 6) is -1.45. The molecule has 2 aromatic heterocycles. The molecular formula is C16H12FNO3. The van der Waals surface area contributed by atoms with E-state index in [0.717, 1.165) is 0 Å². The van der Waals surface area contributed by atoms with Crippen molar-refractivity contribution in [2.75, 3.05) is 7.11 Å². The highest BCUT2D eigenvalue weighted by Gasteiger charge is 2.19. The molecule has 0 aliphatic heterocycles. The van der Waals surface area contributed by atoms with E-state index in [1.54, 1.807) is 41.1 Å². The standard InChI is InChI=1S/C16H12FNO3/c1-21-14-6-5-10(8-12(14)17)11-9-18-7-3-2-4-13(18)15(11)16(19)20/h2-9H,1H3,(H,19,20). The van der Waals surface area contributed by atoms with Gasteiger partial charge in [-0.3, -0.25) is 0 Å². The summed E-state index contributed by atoms with van der Waals surface area (Å²) in [7, 11) is 1.38. The zero-order valence-corrected chi connectivity index (χ0v) is 11.2. The minimum Gasteiger partial charge on any atom is -0.494 e. The summed E-state index contributed by atoms with van der Waals surface area (Å²) in [6, 6.07) is 9.69. The smallest absolute Gasteiger partial charge is 0.338 e. The quantitative estimate of drug-likeness (QED) is 0.802. The number of aromatic nitrogens is 1. The van der Waals surface area contributed by atoms with Crippen LogP contribution < -0.4 is 4.74 Å². The number of carbonyl (C=O) groups is 1. The number of benzene rings is 1. The van der Waals surface area contributed by atoms with Crippen LogP contribution in [0.4, 0.5) is 4.39 Å². The van der Waals surface area contributed by atoms with Crippen molar-refractivity contribution in [1.29, 1.82) is 0 Å². The first-order valence-corrected chi connectivity index (χ1v) is 6.28. The van der Waals surface area contributed by atoms with Crippen LogP contribution in [0.15, 0.2) is 48.8 Å². The van der Waals surface area contributed by atoms with Crippen molar-refractivity contribution in [3.05, 3.63) is 60.2 Å². The predicted molar refractivity (Wildman–Crippen MR) is 76.3 cm³/mol. The number of halogens is 1. The third-order valence-electron chi connectivity index (χ3n) is 3.36. The Kier molecular flexibility index (Phi) is 3.10. The van der Waals surface area contributed by atoms with Crippen molar-refractivity contribution in [3.8, 4) is 16.9 Å². The second-order valence-electron chi connectivity index (χ2n) is 4.57. The first-order valence-electron chi connectivity index (χ1n) is 6.28. The highest BCUT2D eigenvalue weighted by atomic mass is 19.1. The molecule has 2 heterocycles. The van der Waals surface area contributed by atoms with E-state index in [-0.39, 0.29) is 11.3 Å². The molecular weight excluding hydrogens is 273 g/mol. The molecule has 1 aromatic carbocycles. The van der Waals surface area contributed by atoms with Crippen LogP contribution >= 0.6 is 0 Å². The fourth-order valence-electron chi connectivity index (χ4n) is 2.40. The molecule has 106 valence electrons. The van der Waals surface area contributed by atoms with E-state index in [0.29, 0.717) is 16.6 Å². The summed E-state index contributed by atoms with van der Waals surface area (Å²) in [6.07, 6.45) is 3.44. The number of rotatable bonds is 3. The van der Waals surface area contributed by atoms with Gasteiger partial charge in [-0.15, -0.1) is 0 Å². The van der Waals surface area contributed by atoms with Crippen molar-refractivity contribution >= 4 is 11.5 Å². The molecule has 0 bridgehead atoms. The molecule has 0 saturated heterocycles. The van der Waals surface area contributed by atoms with Crippen LogP contribution in [0.2, 0.25) is 0 Å². The van der Waals surface area contributed by atoms with Crippen molar-refractivity contribution in [2.45, 2.75) is 0 Å². The van der Waals surface area contributed by atoms with Gasteiger partial charge in [-0.05, 0) is 29.8 Å². The zero-order chi connectivity index (χ0) is 15.0. The molecule has 0 unspecified atom stereocenters. The van der Waals surface area contributed by atoms with Gasteiger partial charge in [-0.25, -0.2) is 9.18 Å². The molecule has 4 nitrogen and oxygen atoms in total. The monoisotopic (exact) mass is 285 g/mol. The van der Waals surface area contributed by atoms with Gasteiger partial charge in [0.05, 0.1) is 18.2 Å². The Hall–Kier alpha value is -2.82. The molecule has 21 heavy (non-hydrogen) atoms. The minimum absolute atomic E-state index is 0.124. The maximum absolute atomic E-state index is 13.8. The number of fused-ring (bicyclic) bond motifs is 1. The van der Waals surface area contributed by atoms with Crippen LogP contribution in [-0.2, 0) is 0 Å². The van der Waals surface area contributed by atoms with Gasteiger partial charge in [0.15, 0.2) is 11.6 Å². The van der Waals surface area contributed by atoms with Crippen molar-refractivity contribution in [3.63, 3.8) is 0 Å². The Morgan fingerprint density at radius 1 is 1.29 bits per heavy atom. The maximum atomic E-state index is 13.8. The molecule has 0 saturated carbocycles. The Morgan fingerprint density at radius 2 is 2.10 bits per heavy atom. The number of hydrogen-bond acceptors (Lipinski definition) is 2. The molecule has 0 amide bonds. The van der Waals surface area contributed by atoms with Gasteiger partial charge in [0.2, 0.25) is 0 Å². The van der Waals surface area contributed by atoms with Crippen LogP contribution in [0.3, 0.4) is 0 Å². The molecule has 0 radical (unpaired) electrons. The SMILES string of the molecule is COc1ccc(-c2cn3ccccc3c2C(=O)O)cc1F. The summed E-state index contributed by atoms with van der Waals surface area (Å²) in [4.78, 5) is 11.5. The van der Waals surface area contributed by atoms with Gasteiger partial charge >= 0.3 is 5.97 Å². The molecule has 0 spiro atoms. The zero-order valence-electron chi connectivity index (χ0n) is 11.2. The van der Waals surface area contributed by atoms with E-state index in [4.69, 9.17) is 4.74 Å². The summed E-state index contributed by atoms with van der Waals surface area (Å²) in [5.41, 5.74) is 1.68. The second-order valence-corrected chi connectivity index (χ2v) is 4.57. The van der Waals surface area contributed by atoms with Gasteiger partial charge in [-0.1, -0.05) is 12.1 Å². The van der Waals surface area contributed by atoms with E-state index < -0.39 is 11.8 Å². The first kappa shape index (κ1) is 13.2. The van der Waals surface area contributed by atoms with Crippen molar-refractivity contribution in [1.82, 2.24) is 4.40 Å². The molecule has 0 aliphatic carbocycles. The van der Waals surface area contributed by atoms with Crippen LogP contribution in [0.1, 0.15) is 10.4 Å². The largest absolute Gasteiger partial charge is 0.494 e. The second kappa shape index (κ2) is 4.94. The van der Waals surface area contributed by atoms with Gasteiger partial charge in [0.25, 0.3) is 0 Å². The molecule has 0 aliphatic rings. The normalized spacial score (nSPS) is 10.8. The number of ether oxygens (including phenoxy) is 1. The lowest BCUT2D eigenvalue weighted by Gasteiger charge is -2.05. The van der Waals surface area contributed by atoms with Crippen molar-refractivity contribution in [2.24, 2.45) is 0 Å². The van der Waals surface area contributed by atoms with Gasteiger partial charge in [0.1, 0.15) is 0 Å². The first-order chi connectivity index (χ1) is 10.1. The van der Waals surface area contributed by atoms with Gasteiger partial charge < -0.3 is 14.2 Å². The lowest BCUT2D eigenvalue weighted by molar-refractivity contribution is 0.0700. The number of methoxy groups -OCH3 is 1. The predicted octanol–water partition coefficient (Wildman–Crippen LogP) is 3.45. The van der Waals surface area contributed by atoms with Crippen LogP contribution in [0.25, 0.3) is 16.6 Å². The number of aromatic carboxylic acids is 1. The van der Waals surface area contributed by atoms with E-state index in [9.17, 15) is 14.3 Å². The Bertz CT molecular complexity index is 839. The molecule has 5 heteroatoms. The van der Waals surface area contributed by atoms with E-state index in [1.165, 1.54) is 19.2 Å². The lowest BCUT2D eigenvalue weighted by atomic mass is 10.0. The molecule has 0 fully saturated rings. The number of nitrogens with zero attached hydrogens (tertiary/aromatic N) is 1. The number of pyridine rings is 1. The topological polar surface area (TPSA) is 50.9 Å². The molecule has 3 aromatic rings. The fraction of sp³-hybridized carbons (Fsp3) is 0.0625. The van der Waals surface area contributed by atoms with E-state index in [2.05, 4.69) is 0 Å². The molecule has 0 atom stereocenters. The van der Waals surface area contributed by atoms with E-state index >= 15 is 0 Å². The molecule has 3 rings (SSSR count). The Labute approximate surface area is 120 Å². The van der Waals surface area contributed by atoms with Crippen LogP contribution in [-0.4, -0.2) is 22.6 Å². The van der Waals surface area contributed by atoms with Crippen LogP contribution in [0.5, 0.6) is 5.75 Å². The van der Waals surface area contributed by atoms with Gasteiger partial charge in [0, 0.05) is 18.0 Å². The number of carboxylic acid groups (broad SMARTS) is 1. The number of hydrogen-bond donors (Lipinski definition) is 1. The third kappa shape index (κ3) is 2.12. The molecule has 1 N–H and O–H groups in total. The Morgan fingerprint density at radius 3 is 2.76 bits per heavy atom. The summed E-state index contributed by atoms with van der Waals surface area (Å²) >= 11 is 0. The maximum Gasteiger partial charge on any atom is 0.338 e. The average molecular weight is 285 g/mol. The lowest BCUT2D eigenvalue weighted by Crippen LogP contribution is -1.98. The summed E-state index contributed by atoms with van der Waals surface area (Å²) < 4.78 is 20.4. The van der Waals surface area contributed by atoms with Gasteiger partial charge in [-0.2, -0.15) is 0 Å². The van der Waals surface area contributed by atoms with E-state index in [1.807, 2.05) is 0 Å². The van der Waals surface area contributed by atoms with Crippen LogP contribution in [0, 0.1) is 5.82 Å². The summed E-state index contributed by atoms with van der Waals surface area (Å²) in [6.45, 7) is 0.